The van der Waals surface area contributed by atoms with Crippen LogP contribution in [0.15, 0.2) is 23.4 Å². The molecule has 0 amide bonds. The molecule has 0 spiro atoms. The van der Waals surface area contributed by atoms with E-state index in [2.05, 4.69) is 5.16 Å². The molecule has 0 bridgehead atoms. The van der Waals surface area contributed by atoms with Crippen LogP contribution >= 0.6 is 0 Å². The van der Waals surface area contributed by atoms with Crippen molar-refractivity contribution in [1.29, 1.82) is 0 Å². The number of hydrogen-bond acceptors (Lipinski definition) is 4. The van der Waals surface area contributed by atoms with E-state index in [1.54, 1.807) is 0 Å². The average molecular weight is 221 g/mol. The van der Waals surface area contributed by atoms with Gasteiger partial charge in [0.05, 0.1) is 5.71 Å². The SMILES string of the molecule is C/C(=N\O)C(C)Cc1ccc2c(c1)OCO2. The van der Waals surface area contributed by atoms with Gasteiger partial charge in [-0.15, -0.1) is 0 Å². The number of ether oxygens (including phenoxy) is 2. The third kappa shape index (κ3) is 2.10. The van der Waals surface area contributed by atoms with E-state index < -0.39 is 0 Å². The summed E-state index contributed by atoms with van der Waals surface area (Å²) in [6.45, 7) is 4.14. The molecule has 1 heterocycles. The molecule has 0 aliphatic carbocycles. The summed E-state index contributed by atoms with van der Waals surface area (Å²) in [6, 6.07) is 5.90. The summed E-state index contributed by atoms with van der Waals surface area (Å²) in [5, 5.41) is 11.9. The Labute approximate surface area is 94.5 Å². The largest absolute Gasteiger partial charge is 0.454 e. The van der Waals surface area contributed by atoms with Gasteiger partial charge in [0.2, 0.25) is 6.79 Å². The molecule has 1 unspecified atom stereocenters. The second-order valence-corrected chi connectivity index (χ2v) is 4.03. The molecule has 1 aliphatic rings. The first kappa shape index (κ1) is 10.8. The Balaban J connectivity index is 2.11. The lowest BCUT2D eigenvalue weighted by Crippen LogP contribution is -2.10. The van der Waals surface area contributed by atoms with Crippen molar-refractivity contribution in [2.75, 3.05) is 6.79 Å². The molecule has 0 aromatic heterocycles. The molecule has 2 rings (SSSR count). The molecule has 1 aliphatic heterocycles. The highest BCUT2D eigenvalue weighted by atomic mass is 16.7. The van der Waals surface area contributed by atoms with Gasteiger partial charge in [-0.1, -0.05) is 18.1 Å². The smallest absolute Gasteiger partial charge is 0.231 e. The first-order valence-electron chi connectivity index (χ1n) is 5.28. The lowest BCUT2D eigenvalue weighted by Gasteiger charge is -2.10. The van der Waals surface area contributed by atoms with Crippen LogP contribution in [0.2, 0.25) is 0 Å². The monoisotopic (exact) mass is 221 g/mol. The summed E-state index contributed by atoms with van der Waals surface area (Å²) in [6.07, 6.45) is 0.826. The van der Waals surface area contributed by atoms with E-state index in [9.17, 15) is 0 Å². The molecule has 0 saturated carbocycles. The first-order valence-corrected chi connectivity index (χ1v) is 5.28. The average Bonchev–Trinajstić information content (AvgIpc) is 2.75. The molecule has 1 aromatic rings. The van der Waals surface area contributed by atoms with E-state index in [1.807, 2.05) is 32.0 Å². The van der Waals surface area contributed by atoms with E-state index in [4.69, 9.17) is 14.7 Å². The Hall–Kier alpha value is -1.71. The minimum absolute atomic E-state index is 0.213. The highest BCUT2D eigenvalue weighted by molar-refractivity contribution is 5.83. The highest BCUT2D eigenvalue weighted by Gasteiger charge is 2.15. The van der Waals surface area contributed by atoms with Crippen molar-refractivity contribution in [1.82, 2.24) is 0 Å². The second-order valence-electron chi connectivity index (χ2n) is 4.03. The van der Waals surface area contributed by atoms with Gasteiger partial charge >= 0.3 is 0 Å². The van der Waals surface area contributed by atoms with Gasteiger partial charge in [-0.2, -0.15) is 0 Å². The van der Waals surface area contributed by atoms with Gasteiger partial charge < -0.3 is 14.7 Å². The van der Waals surface area contributed by atoms with E-state index in [0.29, 0.717) is 6.79 Å². The fraction of sp³-hybridized carbons (Fsp3) is 0.417. The summed E-state index contributed by atoms with van der Waals surface area (Å²) in [7, 11) is 0. The van der Waals surface area contributed by atoms with Gasteiger partial charge in [0.1, 0.15) is 0 Å². The Morgan fingerprint density at radius 3 is 2.94 bits per heavy atom. The van der Waals surface area contributed by atoms with Crippen molar-refractivity contribution < 1.29 is 14.7 Å². The molecule has 86 valence electrons. The summed E-state index contributed by atoms with van der Waals surface area (Å²) in [5.41, 5.74) is 1.89. The van der Waals surface area contributed by atoms with Gasteiger partial charge in [-0.25, -0.2) is 0 Å². The zero-order valence-electron chi connectivity index (χ0n) is 9.43. The Bertz CT molecular complexity index is 415. The van der Waals surface area contributed by atoms with Gasteiger partial charge in [0, 0.05) is 5.92 Å². The molecule has 4 nitrogen and oxygen atoms in total. The quantitative estimate of drug-likeness (QED) is 0.484. The normalized spacial score (nSPS) is 16.2. The molecule has 0 radical (unpaired) electrons. The van der Waals surface area contributed by atoms with Gasteiger partial charge in [0.15, 0.2) is 11.5 Å². The summed E-state index contributed by atoms with van der Waals surface area (Å²) < 4.78 is 10.5. The molecular weight excluding hydrogens is 206 g/mol. The standard InChI is InChI=1S/C12H15NO3/c1-8(9(2)13-14)5-10-3-4-11-12(6-10)16-7-15-11/h3-4,6,8,14H,5,7H2,1-2H3/b13-9+. The molecule has 1 aromatic carbocycles. The van der Waals surface area contributed by atoms with Crippen LogP contribution in [0.1, 0.15) is 19.4 Å². The van der Waals surface area contributed by atoms with Crippen molar-refractivity contribution in [2.24, 2.45) is 11.1 Å². The maximum Gasteiger partial charge on any atom is 0.231 e. The second kappa shape index (κ2) is 4.43. The molecule has 0 fully saturated rings. The van der Waals surface area contributed by atoms with Crippen molar-refractivity contribution in [3.05, 3.63) is 23.8 Å². The van der Waals surface area contributed by atoms with E-state index >= 15 is 0 Å². The zero-order valence-corrected chi connectivity index (χ0v) is 9.43. The predicted molar refractivity (Wildman–Crippen MR) is 60.3 cm³/mol. The summed E-state index contributed by atoms with van der Waals surface area (Å²) >= 11 is 0. The third-order valence-electron chi connectivity index (χ3n) is 2.85. The number of benzene rings is 1. The van der Waals surface area contributed by atoms with Gasteiger partial charge in [-0.05, 0) is 31.0 Å². The molecule has 4 heteroatoms. The minimum Gasteiger partial charge on any atom is -0.454 e. The van der Waals surface area contributed by atoms with Crippen molar-refractivity contribution in [3.8, 4) is 11.5 Å². The number of rotatable bonds is 3. The van der Waals surface area contributed by atoms with Crippen LogP contribution in [0.3, 0.4) is 0 Å². The molecule has 16 heavy (non-hydrogen) atoms. The van der Waals surface area contributed by atoms with Crippen LogP contribution in [-0.4, -0.2) is 17.7 Å². The maximum atomic E-state index is 8.68. The van der Waals surface area contributed by atoms with Crippen LogP contribution in [0.5, 0.6) is 11.5 Å². The lowest BCUT2D eigenvalue weighted by molar-refractivity contribution is 0.174. The van der Waals surface area contributed by atoms with Gasteiger partial charge in [-0.3, -0.25) is 0 Å². The van der Waals surface area contributed by atoms with Crippen molar-refractivity contribution in [3.63, 3.8) is 0 Å². The van der Waals surface area contributed by atoms with E-state index in [-0.39, 0.29) is 5.92 Å². The third-order valence-corrected chi connectivity index (χ3v) is 2.85. The van der Waals surface area contributed by atoms with Crippen molar-refractivity contribution >= 4 is 5.71 Å². The Morgan fingerprint density at radius 2 is 2.19 bits per heavy atom. The van der Waals surface area contributed by atoms with Crippen molar-refractivity contribution in [2.45, 2.75) is 20.3 Å². The van der Waals surface area contributed by atoms with Crippen LogP contribution in [-0.2, 0) is 6.42 Å². The predicted octanol–water partition coefficient (Wildman–Crippen LogP) is 2.44. The summed E-state index contributed by atoms with van der Waals surface area (Å²) in [4.78, 5) is 0. The van der Waals surface area contributed by atoms with Crippen LogP contribution in [0.25, 0.3) is 0 Å². The topological polar surface area (TPSA) is 51.1 Å². The zero-order chi connectivity index (χ0) is 11.5. The number of hydrogen-bond donors (Lipinski definition) is 1. The lowest BCUT2D eigenvalue weighted by atomic mass is 9.97. The van der Waals surface area contributed by atoms with Crippen LogP contribution in [0.4, 0.5) is 0 Å². The van der Waals surface area contributed by atoms with E-state index in [0.717, 1.165) is 29.2 Å². The van der Waals surface area contributed by atoms with Gasteiger partial charge in [0.25, 0.3) is 0 Å². The molecular formula is C12H15NO3. The first-order chi connectivity index (χ1) is 7.70. The fourth-order valence-corrected chi connectivity index (χ4v) is 1.67. The highest BCUT2D eigenvalue weighted by Crippen LogP contribution is 2.33. The molecule has 1 atom stereocenters. The Morgan fingerprint density at radius 1 is 1.44 bits per heavy atom. The Kier molecular flexibility index (Phi) is 2.99. The molecule has 0 saturated heterocycles. The minimum atomic E-state index is 0.213. The number of fused-ring (bicyclic) bond motifs is 1. The fourth-order valence-electron chi connectivity index (χ4n) is 1.67. The number of oxime groups is 1. The summed E-state index contributed by atoms with van der Waals surface area (Å²) in [5.74, 6) is 1.80. The maximum absolute atomic E-state index is 8.68. The van der Waals surface area contributed by atoms with E-state index in [1.165, 1.54) is 0 Å². The van der Waals surface area contributed by atoms with Crippen LogP contribution < -0.4 is 9.47 Å². The molecule has 1 N–H and O–H groups in total. The number of nitrogens with zero attached hydrogens (tertiary/aromatic N) is 1. The van der Waals surface area contributed by atoms with Crippen LogP contribution in [0, 0.1) is 5.92 Å².